The van der Waals surface area contributed by atoms with Crippen LogP contribution in [0, 0.1) is 17.6 Å². The predicted octanol–water partition coefficient (Wildman–Crippen LogP) is 7.78. The minimum atomic E-state index is -4.77. The molecule has 39 heavy (non-hydrogen) atoms. The molecule has 206 valence electrons. The molecule has 0 spiro atoms. The van der Waals surface area contributed by atoms with Crippen molar-refractivity contribution in [3.05, 3.63) is 89.5 Å². The predicted molar refractivity (Wildman–Crippen MR) is 139 cm³/mol. The normalized spacial score (nSPS) is 17.1. The van der Waals surface area contributed by atoms with Crippen LogP contribution in [0.2, 0.25) is 0 Å². The number of carbonyl (C=O) groups excluding carboxylic acids is 1. The van der Waals surface area contributed by atoms with E-state index in [0.717, 1.165) is 43.4 Å². The number of hydrogen-bond acceptors (Lipinski definition) is 3. The second-order valence-corrected chi connectivity index (χ2v) is 9.47. The molecule has 4 nitrogen and oxygen atoms in total. The SMILES string of the molecule is CCCCCCNC(=O)[C@H]1CC(c2c(F)cccc2F)=NC1c1ccc(-c2ccc(OC(F)(F)F)cc2)cc1. The van der Waals surface area contributed by atoms with Crippen molar-refractivity contribution in [3.63, 3.8) is 0 Å². The van der Waals surface area contributed by atoms with Gasteiger partial charge in [0.05, 0.1) is 17.5 Å². The number of unbranched alkanes of at least 4 members (excludes halogenated alkanes) is 3. The van der Waals surface area contributed by atoms with E-state index in [1.807, 2.05) is 0 Å². The van der Waals surface area contributed by atoms with Gasteiger partial charge < -0.3 is 10.1 Å². The quantitative estimate of drug-likeness (QED) is 0.209. The first kappa shape index (κ1) is 28.3. The van der Waals surface area contributed by atoms with Gasteiger partial charge in [-0.15, -0.1) is 13.2 Å². The molecule has 0 bridgehead atoms. The largest absolute Gasteiger partial charge is 0.573 e. The summed E-state index contributed by atoms with van der Waals surface area (Å²) in [5, 5.41) is 2.95. The molecule has 1 aliphatic rings. The number of aliphatic imine (C=N–C) groups is 1. The number of halogens is 5. The van der Waals surface area contributed by atoms with Crippen LogP contribution < -0.4 is 10.1 Å². The van der Waals surface area contributed by atoms with Crippen molar-refractivity contribution >= 4 is 11.6 Å². The van der Waals surface area contributed by atoms with E-state index in [2.05, 4.69) is 22.0 Å². The Hall–Kier alpha value is -3.75. The minimum Gasteiger partial charge on any atom is -0.406 e. The Kier molecular flexibility index (Phi) is 8.99. The van der Waals surface area contributed by atoms with Gasteiger partial charge in [0, 0.05) is 18.7 Å². The number of hydrogen-bond donors (Lipinski definition) is 1. The van der Waals surface area contributed by atoms with Crippen LogP contribution in [0.4, 0.5) is 22.0 Å². The molecule has 0 saturated heterocycles. The van der Waals surface area contributed by atoms with Gasteiger partial charge in [0.25, 0.3) is 0 Å². The zero-order valence-electron chi connectivity index (χ0n) is 21.4. The second kappa shape index (κ2) is 12.4. The lowest BCUT2D eigenvalue weighted by atomic mass is 9.89. The summed E-state index contributed by atoms with van der Waals surface area (Å²) in [7, 11) is 0. The third-order valence-corrected chi connectivity index (χ3v) is 6.68. The fraction of sp³-hybridized carbons (Fsp3) is 0.333. The Balaban J connectivity index is 1.56. The highest BCUT2D eigenvalue weighted by molar-refractivity contribution is 6.05. The second-order valence-electron chi connectivity index (χ2n) is 9.47. The monoisotopic (exact) mass is 544 g/mol. The van der Waals surface area contributed by atoms with Crippen molar-refractivity contribution in [1.82, 2.24) is 5.32 Å². The Morgan fingerprint density at radius 2 is 1.54 bits per heavy atom. The Morgan fingerprint density at radius 1 is 0.923 bits per heavy atom. The first-order valence-electron chi connectivity index (χ1n) is 12.9. The van der Waals surface area contributed by atoms with Gasteiger partial charge in [-0.3, -0.25) is 9.79 Å². The smallest absolute Gasteiger partial charge is 0.406 e. The lowest BCUT2D eigenvalue weighted by molar-refractivity contribution is -0.274. The van der Waals surface area contributed by atoms with Crippen molar-refractivity contribution in [2.24, 2.45) is 10.9 Å². The summed E-state index contributed by atoms with van der Waals surface area (Å²) in [4.78, 5) is 17.8. The minimum absolute atomic E-state index is 0.0890. The highest BCUT2D eigenvalue weighted by Gasteiger charge is 2.37. The highest BCUT2D eigenvalue weighted by atomic mass is 19.4. The number of rotatable bonds is 10. The van der Waals surface area contributed by atoms with E-state index in [4.69, 9.17) is 0 Å². The summed E-state index contributed by atoms with van der Waals surface area (Å²) in [5.74, 6) is -2.66. The first-order valence-corrected chi connectivity index (χ1v) is 12.9. The molecule has 1 unspecified atom stereocenters. The number of benzene rings is 3. The van der Waals surface area contributed by atoms with Gasteiger partial charge in [0.15, 0.2) is 0 Å². The van der Waals surface area contributed by atoms with Crippen molar-refractivity contribution in [2.45, 2.75) is 51.4 Å². The van der Waals surface area contributed by atoms with E-state index in [9.17, 15) is 26.7 Å². The molecule has 1 aliphatic heterocycles. The van der Waals surface area contributed by atoms with Gasteiger partial charge in [-0.25, -0.2) is 8.78 Å². The molecule has 0 saturated carbocycles. The Bertz CT molecular complexity index is 1280. The van der Waals surface area contributed by atoms with Crippen LogP contribution >= 0.6 is 0 Å². The summed E-state index contributed by atoms with van der Waals surface area (Å²) >= 11 is 0. The van der Waals surface area contributed by atoms with Gasteiger partial charge in [-0.1, -0.05) is 68.7 Å². The summed E-state index contributed by atoms with van der Waals surface area (Å²) in [5.41, 5.74) is 2.07. The molecule has 0 fully saturated rings. The maximum atomic E-state index is 14.5. The van der Waals surface area contributed by atoms with Crippen LogP contribution in [0.1, 0.15) is 56.2 Å². The fourth-order valence-electron chi connectivity index (χ4n) is 4.73. The lowest BCUT2D eigenvalue weighted by Crippen LogP contribution is -2.33. The lowest BCUT2D eigenvalue weighted by Gasteiger charge is -2.18. The van der Waals surface area contributed by atoms with E-state index in [1.165, 1.54) is 30.3 Å². The summed E-state index contributed by atoms with van der Waals surface area (Å²) in [6.45, 7) is 2.61. The summed E-state index contributed by atoms with van der Waals surface area (Å²) in [6.07, 6.45) is -0.691. The van der Waals surface area contributed by atoms with Gasteiger partial charge in [-0.2, -0.15) is 0 Å². The number of nitrogens with zero attached hydrogens (tertiary/aromatic N) is 1. The third-order valence-electron chi connectivity index (χ3n) is 6.68. The first-order chi connectivity index (χ1) is 18.7. The molecular weight excluding hydrogens is 515 g/mol. The fourth-order valence-corrected chi connectivity index (χ4v) is 4.73. The van der Waals surface area contributed by atoms with Crippen molar-refractivity contribution in [2.75, 3.05) is 6.54 Å². The number of nitrogens with one attached hydrogen (secondary N) is 1. The van der Waals surface area contributed by atoms with Crippen molar-refractivity contribution in [3.8, 4) is 16.9 Å². The van der Waals surface area contributed by atoms with Crippen LogP contribution in [0.3, 0.4) is 0 Å². The molecule has 3 aromatic rings. The van der Waals surface area contributed by atoms with Crippen LogP contribution in [0.5, 0.6) is 5.75 Å². The standard InChI is InChI=1S/C30H29F5N2O2/c1-2-3-4-5-17-36-29(38)23-18-26(27-24(31)7-6-8-25(27)32)37-28(23)21-11-9-19(10-12-21)20-13-15-22(16-14-20)39-30(33,34)35/h6-16,23,28H,2-5,17-18H2,1H3,(H,36,38)/t23-,28?/m0/s1. The maximum Gasteiger partial charge on any atom is 0.573 e. The molecular formula is C30H29F5N2O2. The van der Waals surface area contributed by atoms with Crippen molar-refractivity contribution < 1.29 is 31.5 Å². The number of ether oxygens (including phenoxy) is 1. The van der Waals surface area contributed by atoms with Crippen LogP contribution in [-0.4, -0.2) is 24.5 Å². The summed E-state index contributed by atoms with van der Waals surface area (Å²) in [6, 6.07) is 15.5. The summed E-state index contributed by atoms with van der Waals surface area (Å²) < 4.78 is 70.3. The number of carbonyl (C=O) groups is 1. The van der Waals surface area contributed by atoms with Crippen molar-refractivity contribution in [1.29, 1.82) is 0 Å². The molecule has 0 aromatic heterocycles. The van der Waals surface area contributed by atoms with E-state index in [-0.39, 0.29) is 29.4 Å². The Morgan fingerprint density at radius 3 is 2.13 bits per heavy atom. The molecule has 9 heteroatoms. The molecule has 1 N–H and O–H groups in total. The van der Waals surface area contributed by atoms with Gasteiger partial charge in [-0.05, 0) is 47.4 Å². The average molecular weight is 545 g/mol. The number of alkyl halides is 3. The van der Waals surface area contributed by atoms with E-state index in [1.54, 1.807) is 24.3 Å². The molecule has 3 aromatic carbocycles. The van der Waals surface area contributed by atoms with E-state index >= 15 is 0 Å². The molecule has 2 atom stereocenters. The molecule has 1 amide bonds. The van der Waals surface area contributed by atoms with E-state index in [0.29, 0.717) is 17.7 Å². The topological polar surface area (TPSA) is 50.7 Å². The number of amides is 1. The van der Waals surface area contributed by atoms with Crippen LogP contribution in [-0.2, 0) is 4.79 Å². The van der Waals surface area contributed by atoms with E-state index < -0.39 is 30.0 Å². The van der Waals surface area contributed by atoms with Gasteiger partial charge in [0.2, 0.25) is 5.91 Å². The van der Waals surface area contributed by atoms with Crippen LogP contribution in [0.15, 0.2) is 71.7 Å². The van der Waals surface area contributed by atoms with Crippen LogP contribution in [0.25, 0.3) is 11.1 Å². The maximum absolute atomic E-state index is 14.5. The molecule has 1 heterocycles. The zero-order chi connectivity index (χ0) is 28.0. The molecule has 0 radical (unpaired) electrons. The van der Waals surface area contributed by atoms with Gasteiger partial charge >= 0.3 is 6.36 Å². The third kappa shape index (κ3) is 7.22. The zero-order valence-corrected chi connectivity index (χ0v) is 21.4. The molecule has 4 rings (SSSR count). The Labute approximate surface area is 223 Å². The van der Waals surface area contributed by atoms with Gasteiger partial charge in [0.1, 0.15) is 17.4 Å². The highest BCUT2D eigenvalue weighted by Crippen LogP contribution is 2.38. The molecule has 0 aliphatic carbocycles. The average Bonchev–Trinajstić information content (AvgIpc) is 3.33.